The molecule has 5 heterocycles. The van der Waals surface area contributed by atoms with Gasteiger partial charge < -0.3 is 19.5 Å². The molecule has 0 spiro atoms. The van der Waals surface area contributed by atoms with E-state index in [1.165, 1.54) is 7.11 Å². The molecule has 0 saturated heterocycles. The second-order valence-corrected chi connectivity index (χ2v) is 6.35. The third kappa shape index (κ3) is 0.696. The first-order chi connectivity index (χ1) is 7.67. The van der Waals surface area contributed by atoms with Crippen molar-refractivity contribution in [2.45, 2.75) is 0 Å². The van der Waals surface area contributed by atoms with E-state index in [0.29, 0.717) is 28.5 Å². The van der Waals surface area contributed by atoms with Crippen LogP contribution in [0.15, 0.2) is 16.5 Å². The van der Waals surface area contributed by atoms with Crippen molar-refractivity contribution in [3.8, 4) is 17.3 Å². The number of rotatable bonds is 2. The summed E-state index contributed by atoms with van der Waals surface area (Å²) < 4.78 is 22.3. The topological polar surface area (TPSA) is 78.4 Å². The molecular weight excluding hydrogens is 227 g/mol. The van der Waals surface area contributed by atoms with Gasteiger partial charge in [-0.05, 0) is 6.07 Å². The molecule has 2 bridgehead atoms. The maximum Gasteiger partial charge on any atom is 0.214 e. The van der Waals surface area contributed by atoms with Crippen LogP contribution in [0.5, 0.6) is 5.88 Å². The Hall–Kier alpha value is -1.74. The van der Waals surface area contributed by atoms with Crippen molar-refractivity contribution >= 4 is 28.9 Å². The second-order valence-electron chi connectivity index (χ2n) is 3.83. The highest BCUT2D eigenvalue weighted by Crippen LogP contribution is 2.70. The van der Waals surface area contributed by atoms with Crippen LogP contribution in [0.3, 0.4) is 0 Å². The molecule has 1 atom stereocenters. The van der Waals surface area contributed by atoms with Crippen LogP contribution in [0, 0.1) is 0 Å². The summed E-state index contributed by atoms with van der Waals surface area (Å²) in [6.45, 7) is 0. The lowest BCUT2D eigenvalue weighted by atomic mass is 10.2. The van der Waals surface area contributed by atoms with E-state index in [1.54, 1.807) is 12.1 Å². The highest BCUT2D eigenvalue weighted by atomic mass is 31.2. The lowest BCUT2D eigenvalue weighted by Crippen LogP contribution is -2.00. The van der Waals surface area contributed by atoms with E-state index < -0.39 is 7.14 Å². The number of nitrogen functional groups attached to an aromatic ring is 1. The molecule has 0 radical (unpaired) electrons. The Bertz CT molecular complexity index is 695. The van der Waals surface area contributed by atoms with Gasteiger partial charge in [0.05, 0.1) is 23.4 Å². The van der Waals surface area contributed by atoms with Crippen molar-refractivity contribution in [2.75, 3.05) is 12.8 Å². The first kappa shape index (κ1) is 8.42. The molecule has 3 aliphatic heterocycles. The number of pyridine rings is 1. The molecule has 1 unspecified atom stereocenters. The van der Waals surface area contributed by atoms with Crippen LogP contribution >= 0.6 is 7.14 Å². The minimum absolute atomic E-state index is 0.466. The van der Waals surface area contributed by atoms with Crippen LogP contribution in [0.4, 0.5) is 5.69 Å². The van der Waals surface area contributed by atoms with Gasteiger partial charge in [-0.2, -0.15) is 0 Å². The molecular formula is C10H7N2O3P. The average Bonchev–Trinajstić information content (AvgIpc) is 2.91. The zero-order valence-electron chi connectivity index (χ0n) is 8.35. The van der Waals surface area contributed by atoms with E-state index in [-0.39, 0.29) is 0 Å². The first-order valence-electron chi connectivity index (χ1n) is 4.77. The molecule has 0 fully saturated rings. The molecule has 0 amide bonds. The Morgan fingerprint density at radius 1 is 1.44 bits per heavy atom. The molecule has 5 rings (SSSR count). The predicted molar refractivity (Wildman–Crippen MR) is 59.4 cm³/mol. The van der Waals surface area contributed by atoms with Gasteiger partial charge in [0.15, 0.2) is 11.3 Å². The number of ether oxygens (including phenoxy) is 1. The van der Waals surface area contributed by atoms with Gasteiger partial charge in [-0.1, -0.05) is 0 Å². The highest BCUT2D eigenvalue weighted by molar-refractivity contribution is 8.06. The van der Waals surface area contributed by atoms with Crippen LogP contribution in [-0.4, -0.2) is 12.1 Å². The summed E-state index contributed by atoms with van der Waals surface area (Å²) in [4.78, 5) is 4.22. The van der Waals surface area contributed by atoms with Crippen molar-refractivity contribution in [1.82, 2.24) is 4.98 Å². The summed E-state index contributed by atoms with van der Waals surface area (Å²) in [7, 11) is -0.670. The number of anilines is 1. The molecule has 6 heteroatoms. The van der Waals surface area contributed by atoms with Gasteiger partial charge in [0.1, 0.15) is 5.69 Å². The Balaban J connectivity index is 1.93. The van der Waals surface area contributed by atoms with Crippen LogP contribution in [0.25, 0.3) is 11.5 Å². The highest BCUT2D eigenvalue weighted by Gasteiger charge is 2.75. The number of furan rings is 1. The smallest absolute Gasteiger partial charge is 0.214 e. The molecule has 5 nitrogen and oxygen atoms in total. The van der Waals surface area contributed by atoms with Crippen LogP contribution in [-0.2, 0) is 4.57 Å². The number of fused-ring (bicyclic) bond motifs is 1. The maximum absolute atomic E-state index is 11.8. The minimum atomic E-state index is -2.20. The summed E-state index contributed by atoms with van der Waals surface area (Å²) >= 11 is 0. The summed E-state index contributed by atoms with van der Waals surface area (Å²) in [6, 6.07) is 3.38. The lowest BCUT2D eigenvalue weighted by molar-refractivity contribution is 0.398. The minimum Gasteiger partial charge on any atom is -0.481 e. The van der Waals surface area contributed by atoms with E-state index in [1.807, 2.05) is 0 Å². The molecule has 2 aromatic heterocycles. The number of nitrogens with zero attached hydrogens (tertiary/aromatic N) is 1. The van der Waals surface area contributed by atoms with Gasteiger partial charge in [0.2, 0.25) is 13.0 Å². The summed E-state index contributed by atoms with van der Waals surface area (Å²) in [5.74, 6) is 1.03. The summed E-state index contributed by atoms with van der Waals surface area (Å²) in [6.07, 6.45) is 0. The number of methoxy groups -OCH3 is 1. The largest absolute Gasteiger partial charge is 0.481 e. The van der Waals surface area contributed by atoms with E-state index in [9.17, 15) is 4.57 Å². The van der Waals surface area contributed by atoms with Gasteiger partial charge in [-0.15, -0.1) is 0 Å². The fraction of sp³-hybridized carbons (Fsp3) is 0.100. The number of hydrogen-bond acceptors (Lipinski definition) is 5. The molecule has 0 aromatic carbocycles. The van der Waals surface area contributed by atoms with Crippen LogP contribution in [0.2, 0.25) is 0 Å². The fourth-order valence-electron chi connectivity index (χ4n) is 2.01. The van der Waals surface area contributed by atoms with E-state index in [2.05, 4.69) is 4.98 Å². The van der Waals surface area contributed by atoms with Gasteiger partial charge in [-0.3, -0.25) is 0 Å². The van der Waals surface area contributed by atoms with Crippen molar-refractivity contribution < 1.29 is 13.7 Å². The predicted octanol–water partition coefficient (Wildman–Crippen LogP) is 0.199. The number of nitrogens with two attached hydrogens (primary N) is 1. The third-order valence-electron chi connectivity index (χ3n) is 2.98. The zero-order valence-corrected chi connectivity index (χ0v) is 9.25. The normalized spacial score (nSPS) is 22.8. The van der Waals surface area contributed by atoms with Crippen molar-refractivity contribution in [3.05, 3.63) is 12.1 Å². The zero-order chi connectivity index (χ0) is 11.1. The van der Waals surface area contributed by atoms with Gasteiger partial charge in [0, 0.05) is 6.07 Å². The molecule has 2 aromatic rings. The van der Waals surface area contributed by atoms with Gasteiger partial charge in [0.25, 0.3) is 0 Å². The average molecular weight is 234 g/mol. The Labute approximate surface area is 90.6 Å². The molecule has 0 aliphatic carbocycles. The molecule has 16 heavy (non-hydrogen) atoms. The van der Waals surface area contributed by atoms with Gasteiger partial charge >= 0.3 is 0 Å². The molecule has 2 N–H and O–H groups in total. The van der Waals surface area contributed by atoms with E-state index in [4.69, 9.17) is 14.9 Å². The molecule has 3 aliphatic rings. The van der Waals surface area contributed by atoms with Crippen LogP contribution < -0.4 is 26.6 Å². The van der Waals surface area contributed by atoms with Crippen molar-refractivity contribution in [1.29, 1.82) is 0 Å². The summed E-state index contributed by atoms with van der Waals surface area (Å²) in [5, 5.41) is 1.74. The Morgan fingerprint density at radius 2 is 2.19 bits per heavy atom. The third-order valence-corrected chi connectivity index (χ3v) is 5.53. The first-order valence-corrected chi connectivity index (χ1v) is 6.48. The number of aromatic nitrogens is 1. The second kappa shape index (κ2) is 2.18. The van der Waals surface area contributed by atoms with E-state index >= 15 is 0 Å². The van der Waals surface area contributed by atoms with E-state index in [0.717, 1.165) is 10.6 Å². The fourth-order valence-corrected chi connectivity index (χ4v) is 4.49. The maximum atomic E-state index is 11.8. The summed E-state index contributed by atoms with van der Waals surface area (Å²) in [5.41, 5.74) is 7.50. The quantitative estimate of drug-likeness (QED) is 0.501. The monoisotopic (exact) mass is 234 g/mol. The standard InChI is InChI=1S/C10H7N2O3P/c1-14-5-3-2-4(11)6(12-5)7-8-9-10(15-7)16(8,9)13/h2-3H,11H2,1H3. The lowest BCUT2D eigenvalue weighted by Gasteiger charge is -2.03. The molecule has 80 valence electrons. The SMILES string of the molecule is COc1ccc(N)c(-c2oc3c4c2P34=O)n1. The number of hydrogen-bond donors (Lipinski definition) is 1. The van der Waals surface area contributed by atoms with Crippen molar-refractivity contribution in [2.24, 2.45) is 0 Å². The Morgan fingerprint density at radius 3 is 2.75 bits per heavy atom. The Kier molecular flexibility index (Phi) is 1.14. The molecule has 0 saturated carbocycles. The van der Waals surface area contributed by atoms with Gasteiger partial charge in [-0.25, -0.2) is 4.98 Å². The van der Waals surface area contributed by atoms with Crippen LogP contribution in [0.1, 0.15) is 0 Å². The van der Waals surface area contributed by atoms with Crippen molar-refractivity contribution in [3.63, 3.8) is 0 Å².